The van der Waals surface area contributed by atoms with Gasteiger partial charge >= 0.3 is 12.1 Å². The number of carbonyl (C=O) groups is 2. The van der Waals surface area contributed by atoms with Gasteiger partial charge in [0.25, 0.3) is 5.91 Å². The Morgan fingerprint density at radius 3 is 2.47 bits per heavy atom. The zero-order valence-electron chi connectivity index (χ0n) is 24.0. The van der Waals surface area contributed by atoms with Crippen LogP contribution in [0.3, 0.4) is 0 Å². The number of fused-ring (bicyclic) bond motifs is 1. The molecule has 1 fully saturated rings. The summed E-state index contributed by atoms with van der Waals surface area (Å²) < 4.78 is 41.5. The number of likely N-dealkylation sites (tertiary alicyclic amines) is 1. The van der Waals surface area contributed by atoms with Crippen molar-refractivity contribution >= 4 is 40.3 Å². The van der Waals surface area contributed by atoms with Crippen molar-refractivity contribution in [2.45, 2.75) is 45.8 Å². The Hall–Kier alpha value is -4.40. The maximum atomic E-state index is 12.9. The molecule has 0 bridgehead atoms. The molecule has 4 aromatic rings. The number of nitrogens with zero attached hydrogens (tertiary/aromatic N) is 7. The molecule has 1 amide bonds. The summed E-state index contributed by atoms with van der Waals surface area (Å²) in [6.45, 7) is 9.55. The SMILES string of the molecule is CCOc1c(C(C)n2nc(C)c3c(N)ncnc32)cc(Cl)c(C)c1C1CN(C(=O)c2cnn(C)c2)C1.O=C(O)C(F)(F)F. The first-order valence-electron chi connectivity index (χ1n) is 13.1. The summed E-state index contributed by atoms with van der Waals surface area (Å²) in [7, 11) is 1.80. The minimum Gasteiger partial charge on any atom is -0.493 e. The molecule has 1 saturated heterocycles. The summed E-state index contributed by atoms with van der Waals surface area (Å²) in [5.41, 5.74) is 11.0. The molecular formula is C27H30ClF3N8O4. The molecule has 0 aliphatic carbocycles. The van der Waals surface area contributed by atoms with Gasteiger partial charge in [0.15, 0.2) is 5.65 Å². The van der Waals surface area contributed by atoms with E-state index in [1.165, 1.54) is 6.33 Å². The number of alkyl halides is 3. The molecule has 230 valence electrons. The number of carboxylic acid groups (broad SMARTS) is 1. The van der Waals surface area contributed by atoms with E-state index in [4.69, 9.17) is 37.1 Å². The molecule has 5 rings (SSSR count). The Bertz CT molecular complexity index is 1680. The third kappa shape index (κ3) is 6.21. The molecule has 1 aliphatic heterocycles. The number of aromatic nitrogens is 6. The molecule has 1 unspecified atom stereocenters. The molecule has 3 aromatic heterocycles. The predicted octanol–water partition coefficient (Wildman–Crippen LogP) is 4.29. The second-order valence-electron chi connectivity index (χ2n) is 10.0. The number of rotatable bonds is 6. The summed E-state index contributed by atoms with van der Waals surface area (Å²) in [6, 6.07) is 1.71. The number of nitrogen functional groups attached to an aromatic ring is 1. The summed E-state index contributed by atoms with van der Waals surface area (Å²) in [6.07, 6.45) is -0.308. The molecule has 1 atom stereocenters. The number of hydrogen-bond donors (Lipinski definition) is 2. The van der Waals surface area contributed by atoms with Crippen LogP contribution in [-0.2, 0) is 11.8 Å². The highest BCUT2D eigenvalue weighted by molar-refractivity contribution is 6.31. The predicted molar refractivity (Wildman–Crippen MR) is 151 cm³/mol. The molecule has 16 heteroatoms. The Morgan fingerprint density at radius 2 is 1.91 bits per heavy atom. The maximum Gasteiger partial charge on any atom is 0.490 e. The van der Waals surface area contributed by atoms with Crippen LogP contribution >= 0.6 is 11.6 Å². The monoisotopic (exact) mass is 622 g/mol. The van der Waals surface area contributed by atoms with Crippen molar-refractivity contribution in [3.05, 3.63) is 57.8 Å². The molecule has 0 radical (unpaired) electrons. The normalized spacial score (nSPS) is 14.2. The summed E-state index contributed by atoms with van der Waals surface area (Å²) in [4.78, 5) is 32.2. The van der Waals surface area contributed by atoms with Crippen molar-refractivity contribution in [2.24, 2.45) is 7.05 Å². The lowest BCUT2D eigenvalue weighted by Crippen LogP contribution is -2.48. The molecular weight excluding hydrogens is 593 g/mol. The second-order valence-corrected chi connectivity index (χ2v) is 10.4. The standard InChI is InChI=1S/C25H29ClN8O2.C2HF3O2/c1-6-36-22-18(15(4)34-24-21(14(3)31-34)23(27)28-12-29-24)7-19(26)13(2)20(22)17-10-33(11-17)25(35)16-8-30-32(5)9-16;3-2(4,5)1(6)7/h7-9,12,15,17H,6,10-11H2,1-5H3,(H2,27,28,29);(H,6,7). The topological polar surface area (TPSA) is 154 Å². The van der Waals surface area contributed by atoms with Crippen LogP contribution in [0.5, 0.6) is 5.75 Å². The second kappa shape index (κ2) is 12.1. The van der Waals surface area contributed by atoms with Crippen LogP contribution in [0.1, 0.15) is 58.5 Å². The van der Waals surface area contributed by atoms with Crippen molar-refractivity contribution in [1.82, 2.24) is 34.4 Å². The lowest BCUT2D eigenvalue weighted by atomic mass is 9.85. The van der Waals surface area contributed by atoms with E-state index in [9.17, 15) is 18.0 Å². The van der Waals surface area contributed by atoms with E-state index in [1.54, 1.807) is 24.1 Å². The number of ether oxygens (including phenoxy) is 1. The van der Waals surface area contributed by atoms with Crippen LogP contribution in [0.25, 0.3) is 11.0 Å². The third-order valence-electron chi connectivity index (χ3n) is 7.12. The number of hydrogen-bond acceptors (Lipinski definition) is 8. The first-order chi connectivity index (χ1) is 20.1. The number of carboxylic acids is 1. The minimum atomic E-state index is -5.08. The van der Waals surface area contributed by atoms with Gasteiger partial charge in [0.2, 0.25) is 0 Å². The lowest BCUT2D eigenvalue weighted by molar-refractivity contribution is -0.192. The van der Waals surface area contributed by atoms with Gasteiger partial charge < -0.3 is 20.5 Å². The first-order valence-corrected chi connectivity index (χ1v) is 13.5. The Balaban J connectivity index is 0.000000541. The number of nitrogens with two attached hydrogens (primary N) is 1. The quantitative estimate of drug-likeness (QED) is 0.320. The molecule has 43 heavy (non-hydrogen) atoms. The fraction of sp³-hybridized carbons (Fsp3) is 0.407. The van der Waals surface area contributed by atoms with E-state index in [1.807, 2.05) is 43.3 Å². The van der Waals surface area contributed by atoms with Gasteiger partial charge in [-0.25, -0.2) is 19.4 Å². The minimum absolute atomic E-state index is 0.0265. The third-order valence-corrected chi connectivity index (χ3v) is 7.51. The molecule has 1 aromatic carbocycles. The van der Waals surface area contributed by atoms with Gasteiger partial charge in [-0.2, -0.15) is 23.4 Å². The fourth-order valence-electron chi connectivity index (χ4n) is 4.98. The van der Waals surface area contributed by atoms with Crippen molar-refractivity contribution in [1.29, 1.82) is 0 Å². The highest BCUT2D eigenvalue weighted by Gasteiger charge is 2.39. The van der Waals surface area contributed by atoms with E-state index in [2.05, 4.69) is 15.1 Å². The number of aryl methyl sites for hydroxylation is 2. The number of anilines is 1. The largest absolute Gasteiger partial charge is 0.493 e. The number of benzene rings is 1. The fourth-order valence-corrected chi connectivity index (χ4v) is 5.20. The van der Waals surface area contributed by atoms with E-state index in [0.717, 1.165) is 33.5 Å². The molecule has 1 aliphatic rings. The molecule has 0 spiro atoms. The van der Waals surface area contributed by atoms with Gasteiger partial charge in [0.05, 0.1) is 35.5 Å². The average Bonchev–Trinajstić information content (AvgIpc) is 3.50. The Kier molecular flexibility index (Phi) is 8.85. The Labute approximate surface area is 249 Å². The van der Waals surface area contributed by atoms with Crippen LogP contribution in [0.2, 0.25) is 5.02 Å². The summed E-state index contributed by atoms with van der Waals surface area (Å²) >= 11 is 6.77. The van der Waals surface area contributed by atoms with E-state index in [0.29, 0.717) is 41.7 Å². The highest BCUT2D eigenvalue weighted by Crippen LogP contribution is 2.44. The van der Waals surface area contributed by atoms with Gasteiger partial charge in [-0.05, 0) is 39.3 Å². The van der Waals surface area contributed by atoms with Crippen LogP contribution in [0, 0.1) is 13.8 Å². The van der Waals surface area contributed by atoms with Gasteiger partial charge in [0, 0.05) is 48.4 Å². The van der Waals surface area contributed by atoms with E-state index < -0.39 is 12.1 Å². The highest BCUT2D eigenvalue weighted by atomic mass is 35.5. The average molecular weight is 623 g/mol. The van der Waals surface area contributed by atoms with Crippen molar-refractivity contribution in [3.8, 4) is 5.75 Å². The molecule has 0 saturated carbocycles. The number of amides is 1. The van der Waals surface area contributed by atoms with Gasteiger partial charge in [0.1, 0.15) is 17.9 Å². The van der Waals surface area contributed by atoms with Crippen molar-refractivity contribution < 1.29 is 32.6 Å². The molecule has 3 N–H and O–H groups in total. The smallest absolute Gasteiger partial charge is 0.490 e. The molecule has 4 heterocycles. The van der Waals surface area contributed by atoms with Gasteiger partial charge in [-0.15, -0.1) is 0 Å². The zero-order chi connectivity index (χ0) is 31.8. The first kappa shape index (κ1) is 31.5. The number of halogens is 4. The lowest BCUT2D eigenvalue weighted by Gasteiger charge is -2.41. The maximum absolute atomic E-state index is 12.9. The van der Waals surface area contributed by atoms with Crippen molar-refractivity contribution in [2.75, 3.05) is 25.4 Å². The van der Waals surface area contributed by atoms with Gasteiger partial charge in [-0.3, -0.25) is 9.48 Å². The van der Waals surface area contributed by atoms with Crippen LogP contribution < -0.4 is 10.5 Å². The van der Waals surface area contributed by atoms with E-state index >= 15 is 0 Å². The number of carbonyl (C=O) groups excluding carboxylic acids is 1. The van der Waals surface area contributed by atoms with Crippen LogP contribution in [0.4, 0.5) is 19.0 Å². The van der Waals surface area contributed by atoms with Crippen molar-refractivity contribution in [3.63, 3.8) is 0 Å². The van der Waals surface area contributed by atoms with Crippen LogP contribution in [-0.4, -0.2) is 77.3 Å². The van der Waals surface area contributed by atoms with Crippen LogP contribution in [0.15, 0.2) is 24.8 Å². The molecule has 12 nitrogen and oxygen atoms in total. The number of aliphatic carboxylic acids is 1. The van der Waals surface area contributed by atoms with E-state index in [-0.39, 0.29) is 17.9 Å². The summed E-state index contributed by atoms with van der Waals surface area (Å²) in [5, 5.41) is 17.4. The Morgan fingerprint density at radius 1 is 1.26 bits per heavy atom. The summed E-state index contributed by atoms with van der Waals surface area (Å²) in [5.74, 6) is -1.50. The zero-order valence-corrected chi connectivity index (χ0v) is 24.7. The van der Waals surface area contributed by atoms with Gasteiger partial charge in [-0.1, -0.05) is 11.6 Å².